The number of hydrogen-bond acceptors (Lipinski definition) is 11. The summed E-state index contributed by atoms with van der Waals surface area (Å²) in [6, 6.07) is 8.01. The van der Waals surface area contributed by atoms with Gasteiger partial charge in [0.05, 0.1) is 29.8 Å². The Labute approximate surface area is 231 Å². The van der Waals surface area contributed by atoms with E-state index in [2.05, 4.69) is 0 Å². The Hall–Kier alpha value is -2.83. The van der Waals surface area contributed by atoms with Crippen LogP contribution in [0.1, 0.15) is 57.8 Å². The minimum absolute atomic E-state index is 0.0589. The zero-order chi connectivity index (χ0) is 29.6. The van der Waals surface area contributed by atoms with Crippen molar-refractivity contribution in [1.82, 2.24) is 0 Å². The van der Waals surface area contributed by atoms with E-state index in [0.717, 1.165) is 6.92 Å². The minimum atomic E-state index is -2.60. The van der Waals surface area contributed by atoms with Crippen LogP contribution >= 0.6 is 0 Å². The normalized spacial score (nSPS) is 43.4. The van der Waals surface area contributed by atoms with Crippen LogP contribution in [0.4, 0.5) is 0 Å². The van der Waals surface area contributed by atoms with Crippen LogP contribution in [-0.4, -0.2) is 91.3 Å². The number of carbonyl (C=O) groups excluding carboxylic acids is 3. The van der Waals surface area contributed by atoms with Crippen molar-refractivity contribution >= 4 is 17.9 Å². The lowest BCUT2D eigenvalue weighted by Gasteiger charge is -2.71. The quantitative estimate of drug-likeness (QED) is 0.195. The predicted molar refractivity (Wildman–Crippen MR) is 136 cm³/mol. The maximum absolute atomic E-state index is 13.8. The van der Waals surface area contributed by atoms with Gasteiger partial charge in [-0.05, 0) is 50.5 Å². The van der Waals surface area contributed by atoms with Gasteiger partial charge in [0, 0.05) is 24.7 Å². The van der Waals surface area contributed by atoms with Crippen molar-refractivity contribution < 1.29 is 54.1 Å². The van der Waals surface area contributed by atoms with Crippen molar-refractivity contribution in [2.24, 2.45) is 16.7 Å². The van der Waals surface area contributed by atoms with Gasteiger partial charge in [-0.2, -0.15) is 0 Å². The average molecular weight is 561 g/mol. The Kier molecular flexibility index (Phi) is 6.34. The second-order valence-electron chi connectivity index (χ2n) is 12.3. The van der Waals surface area contributed by atoms with Crippen molar-refractivity contribution in [1.29, 1.82) is 0 Å². The number of fused-ring (bicyclic) bond motifs is 2. The monoisotopic (exact) mass is 560 g/mol. The summed E-state index contributed by atoms with van der Waals surface area (Å²) in [5.41, 5.74) is -9.68. The van der Waals surface area contributed by atoms with E-state index in [0.29, 0.717) is 0 Å². The molecule has 1 aromatic rings. The molecule has 5 N–H and O–H groups in total. The van der Waals surface area contributed by atoms with Gasteiger partial charge in [0.1, 0.15) is 23.4 Å². The molecule has 4 aliphatic rings. The van der Waals surface area contributed by atoms with Gasteiger partial charge in [0.15, 0.2) is 5.60 Å². The number of ether oxygens (including phenoxy) is 3. The molecular formula is C29H36O11. The zero-order valence-electron chi connectivity index (χ0n) is 23.1. The predicted octanol–water partition coefficient (Wildman–Crippen LogP) is 0.402. The van der Waals surface area contributed by atoms with Crippen LogP contribution in [0.2, 0.25) is 0 Å². The molecule has 1 aromatic carbocycles. The molecule has 9 atom stereocenters. The summed E-state index contributed by atoms with van der Waals surface area (Å²) in [7, 11) is 0. The van der Waals surface area contributed by atoms with Crippen molar-refractivity contribution in [3.63, 3.8) is 0 Å². The van der Waals surface area contributed by atoms with E-state index in [1.807, 2.05) is 0 Å². The van der Waals surface area contributed by atoms with Gasteiger partial charge in [-0.1, -0.05) is 25.1 Å². The summed E-state index contributed by atoms with van der Waals surface area (Å²) in [6.45, 7) is 6.09. The number of aliphatic hydroxyl groups is 5. The van der Waals surface area contributed by atoms with E-state index in [4.69, 9.17) is 14.2 Å². The van der Waals surface area contributed by atoms with Crippen LogP contribution in [0.3, 0.4) is 0 Å². The summed E-state index contributed by atoms with van der Waals surface area (Å²) >= 11 is 0. The van der Waals surface area contributed by atoms with Crippen molar-refractivity contribution in [2.75, 3.05) is 6.61 Å². The van der Waals surface area contributed by atoms with Crippen LogP contribution < -0.4 is 0 Å². The minimum Gasteiger partial charge on any atom is -0.459 e. The number of carbonyl (C=O) groups is 3. The lowest BCUT2D eigenvalue weighted by molar-refractivity contribution is -0.341. The first-order chi connectivity index (χ1) is 18.5. The second-order valence-corrected chi connectivity index (χ2v) is 12.3. The summed E-state index contributed by atoms with van der Waals surface area (Å²) in [6.07, 6.45) is -6.41. The third-order valence-electron chi connectivity index (χ3n) is 10.2. The number of cyclic esters (lactones) is 1. The molecule has 1 saturated heterocycles. The van der Waals surface area contributed by atoms with Gasteiger partial charge in [0.2, 0.25) is 0 Å². The molecule has 0 unspecified atom stereocenters. The molecule has 218 valence electrons. The van der Waals surface area contributed by atoms with Crippen LogP contribution in [0, 0.1) is 16.7 Å². The number of hydrogen-bond donors (Lipinski definition) is 5. The van der Waals surface area contributed by atoms with Crippen LogP contribution in [0.25, 0.3) is 0 Å². The molecule has 0 amide bonds. The highest BCUT2D eigenvalue weighted by atomic mass is 16.6. The summed E-state index contributed by atoms with van der Waals surface area (Å²) in [5, 5.41) is 58.3. The largest absolute Gasteiger partial charge is 0.459 e. The van der Waals surface area contributed by atoms with Gasteiger partial charge in [-0.15, -0.1) is 0 Å². The topological polar surface area (TPSA) is 180 Å². The highest BCUT2D eigenvalue weighted by Gasteiger charge is 2.86. The van der Waals surface area contributed by atoms with Gasteiger partial charge >= 0.3 is 17.9 Å². The van der Waals surface area contributed by atoms with E-state index in [9.17, 15) is 39.9 Å². The molecule has 0 aromatic heterocycles. The number of esters is 3. The van der Waals surface area contributed by atoms with E-state index in [-0.39, 0.29) is 23.1 Å². The Morgan fingerprint density at radius 3 is 2.27 bits per heavy atom. The third-order valence-corrected chi connectivity index (χ3v) is 10.2. The van der Waals surface area contributed by atoms with E-state index in [1.165, 1.54) is 19.1 Å². The Morgan fingerprint density at radius 1 is 1.07 bits per heavy atom. The SMILES string of the molecule is CC(=O)O[C@H]1C[C@H](O)[C@]2(C)[C@H]([C@H](OC(=O)c3ccccc3)[C@]34C[C@H](O)C(C)=C3[C@]2(O)C(=O)OC4(C)C)[C@]1(O)CO. The fourth-order valence-electron chi connectivity index (χ4n) is 8.21. The smallest absolute Gasteiger partial charge is 0.343 e. The standard InChI is InChI=1S/C29H36O11/c1-14-17(32)12-27-20(14)29(37,24(35)40-25(27,3)4)26(5)18(33)11-19(38-15(2)31)28(36,13-30)21(26)22(27)39-23(34)16-9-7-6-8-10-16/h6-10,17-19,21-22,30,32-33,36-37H,11-13H2,1-5H3/t17-,18-,19-,21-,22-,26+,27-,28-,29-/m0/s1. The Bertz CT molecular complexity index is 1290. The van der Waals surface area contributed by atoms with E-state index in [1.54, 1.807) is 39.0 Å². The van der Waals surface area contributed by atoms with Crippen molar-refractivity contribution in [2.45, 2.75) is 88.7 Å². The van der Waals surface area contributed by atoms with Crippen LogP contribution in [0.15, 0.2) is 41.5 Å². The molecular weight excluding hydrogens is 524 g/mol. The maximum Gasteiger partial charge on any atom is 0.343 e. The number of aliphatic hydroxyl groups excluding tert-OH is 3. The molecule has 3 aliphatic carbocycles. The third kappa shape index (κ3) is 3.26. The maximum atomic E-state index is 13.8. The van der Waals surface area contributed by atoms with Crippen LogP contribution in [-0.2, 0) is 23.8 Å². The first-order valence-electron chi connectivity index (χ1n) is 13.3. The average Bonchev–Trinajstić information content (AvgIpc) is 3.17. The first kappa shape index (κ1) is 28.7. The molecule has 2 saturated carbocycles. The van der Waals surface area contributed by atoms with Gasteiger partial charge in [-0.3, -0.25) is 4.79 Å². The summed E-state index contributed by atoms with van der Waals surface area (Å²) in [5.74, 6) is -4.30. The first-order valence-corrected chi connectivity index (χ1v) is 13.3. The lowest BCUT2D eigenvalue weighted by Crippen LogP contribution is -2.85. The van der Waals surface area contributed by atoms with Gasteiger partial charge < -0.3 is 39.7 Å². The molecule has 1 heterocycles. The van der Waals surface area contributed by atoms with Gasteiger partial charge in [0.25, 0.3) is 0 Å². The number of rotatable bonds is 4. The molecule has 11 nitrogen and oxygen atoms in total. The highest BCUT2D eigenvalue weighted by molar-refractivity contribution is 5.91. The summed E-state index contributed by atoms with van der Waals surface area (Å²) in [4.78, 5) is 39.5. The molecule has 0 spiro atoms. The second kappa shape index (κ2) is 8.83. The Balaban J connectivity index is 1.85. The lowest BCUT2D eigenvalue weighted by atomic mass is 9.38. The Morgan fingerprint density at radius 2 is 1.70 bits per heavy atom. The van der Waals surface area contributed by atoms with Gasteiger partial charge in [-0.25, -0.2) is 9.59 Å². The molecule has 40 heavy (non-hydrogen) atoms. The van der Waals surface area contributed by atoms with E-state index < -0.39 is 88.9 Å². The fraction of sp³-hybridized carbons (Fsp3) is 0.621. The molecule has 11 heteroatoms. The highest BCUT2D eigenvalue weighted by Crippen LogP contribution is 2.74. The molecule has 1 aliphatic heterocycles. The fourth-order valence-corrected chi connectivity index (χ4v) is 8.21. The molecule has 0 radical (unpaired) electrons. The van der Waals surface area contributed by atoms with Crippen molar-refractivity contribution in [3.05, 3.63) is 47.0 Å². The number of benzene rings is 1. The van der Waals surface area contributed by atoms with E-state index >= 15 is 0 Å². The van der Waals surface area contributed by atoms with Crippen molar-refractivity contribution in [3.8, 4) is 0 Å². The van der Waals surface area contributed by atoms with Crippen LogP contribution in [0.5, 0.6) is 0 Å². The summed E-state index contributed by atoms with van der Waals surface area (Å²) < 4.78 is 17.4. The molecule has 2 bridgehead atoms. The molecule has 5 rings (SSSR count). The zero-order valence-corrected chi connectivity index (χ0v) is 23.1. The molecule has 3 fully saturated rings.